The Morgan fingerprint density at radius 2 is 0.639 bits per heavy atom. The summed E-state index contributed by atoms with van der Waals surface area (Å²) in [6.45, 7) is 25.3. The zero-order valence-electron chi connectivity index (χ0n) is 36.8. The van der Waals surface area contributed by atoms with Crippen molar-refractivity contribution in [3.63, 3.8) is 0 Å². The first-order chi connectivity index (χ1) is 28.3. The summed E-state index contributed by atoms with van der Waals surface area (Å²) >= 11 is 0. The van der Waals surface area contributed by atoms with Crippen LogP contribution in [0, 0.1) is 40.4 Å². The molecule has 2 aromatic heterocycles. The van der Waals surface area contributed by atoms with Gasteiger partial charge in [-0.1, -0.05) is 107 Å². The molecule has 0 N–H and O–H groups in total. The van der Waals surface area contributed by atoms with Crippen LogP contribution in [0.25, 0.3) is 66.1 Å². The van der Waals surface area contributed by atoms with Gasteiger partial charge in [-0.25, -0.2) is 22.0 Å². The van der Waals surface area contributed by atoms with E-state index in [1.165, 1.54) is 12.1 Å². The summed E-state index contributed by atoms with van der Waals surface area (Å²) in [4.78, 5) is 0. The van der Waals surface area contributed by atoms with Crippen LogP contribution in [-0.4, -0.2) is 9.13 Å². The Hall–Kier alpha value is -5.94. The fraction of sp³-hybridized carbons (Fsp3) is 0.302. The van der Waals surface area contributed by atoms with Gasteiger partial charge in [0.05, 0.1) is 50.6 Å². The maximum atomic E-state index is 16.7. The molecule has 0 aliphatic carbocycles. The van der Waals surface area contributed by atoms with Crippen molar-refractivity contribution in [2.45, 2.75) is 105 Å². The molecule has 0 unspecified atom stereocenters. The van der Waals surface area contributed by atoms with Crippen molar-refractivity contribution in [1.29, 1.82) is 5.26 Å². The highest BCUT2D eigenvalue weighted by Gasteiger charge is 2.33. The van der Waals surface area contributed by atoms with Crippen LogP contribution < -0.4 is 0 Å². The third-order valence-electron chi connectivity index (χ3n) is 12.2. The summed E-state index contributed by atoms with van der Waals surface area (Å²) in [5.41, 5.74) is 4.67. The molecule has 61 heavy (non-hydrogen) atoms. The van der Waals surface area contributed by atoms with Crippen LogP contribution in [0.5, 0.6) is 0 Å². The standard InChI is InChI=1S/C53H50F5N3/c1-50(2,3)29-13-17-37-33(23-29)34-24-30(51(4,5)6)14-18-38(34)60(37)41-21-28(27-59)22-42(43(41)44-45(54)47(56)49(58)48(57)46(44)55)61-39-19-15-31(52(7,8)9)25-35(39)36-26-32(53(10,11)12)16-20-40(36)61/h13-26H,1-12H3. The van der Waals surface area contributed by atoms with Crippen molar-refractivity contribution in [2.24, 2.45) is 0 Å². The van der Waals surface area contributed by atoms with Gasteiger partial charge < -0.3 is 9.13 Å². The zero-order chi connectivity index (χ0) is 44.5. The highest BCUT2D eigenvalue weighted by molar-refractivity contribution is 6.12. The highest BCUT2D eigenvalue weighted by atomic mass is 19.2. The minimum absolute atomic E-state index is 0.0805. The van der Waals surface area contributed by atoms with Gasteiger partial charge in [0.15, 0.2) is 23.3 Å². The Labute approximate surface area is 354 Å². The van der Waals surface area contributed by atoms with Crippen LogP contribution in [0.3, 0.4) is 0 Å². The monoisotopic (exact) mass is 823 g/mol. The molecule has 6 aromatic carbocycles. The van der Waals surface area contributed by atoms with Crippen molar-refractivity contribution in [2.75, 3.05) is 0 Å². The van der Waals surface area contributed by atoms with E-state index in [9.17, 15) is 9.65 Å². The molecule has 0 saturated carbocycles. The number of nitriles is 1. The van der Waals surface area contributed by atoms with Gasteiger partial charge in [0.25, 0.3) is 0 Å². The van der Waals surface area contributed by atoms with Crippen molar-refractivity contribution in [1.82, 2.24) is 9.13 Å². The number of nitrogens with zero attached hydrogens (tertiary/aromatic N) is 3. The maximum Gasteiger partial charge on any atom is 0.200 e. The number of halogens is 5. The lowest BCUT2D eigenvalue weighted by atomic mass is 9.85. The molecule has 8 rings (SSSR count). The Bertz CT molecular complexity index is 2840. The van der Waals surface area contributed by atoms with E-state index in [0.717, 1.165) is 43.8 Å². The minimum Gasteiger partial charge on any atom is -0.308 e. The van der Waals surface area contributed by atoms with E-state index in [2.05, 4.69) is 113 Å². The molecule has 0 atom stereocenters. The Morgan fingerprint density at radius 3 is 0.885 bits per heavy atom. The summed E-state index contributed by atoms with van der Waals surface area (Å²) in [5, 5.41) is 14.1. The number of hydrogen-bond acceptors (Lipinski definition) is 1. The average molecular weight is 824 g/mol. The number of hydrogen-bond donors (Lipinski definition) is 0. The number of aromatic nitrogens is 2. The molecule has 0 fully saturated rings. The Kier molecular flexibility index (Phi) is 9.44. The van der Waals surface area contributed by atoms with Gasteiger partial charge in [0.2, 0.25) is 5.82 Å². The fourth-order valence-electron chi connectivity index (χ4n) is 8.54. The van der Waals surface area contributed by atoms with Gasteiger partial charge in [-0.3, -0.25) is 0 Å². The predicted octanol–water partition coefficient (Wildman–Crippen LogP) is 15.3. The fourth-order valence-corrected chi connectivity index (χ4v) is 8.54. The second-order valence-corrected chi connectivity index (χ2v) is 20.5. The number of fused-ring (bicyclic) bond motifs is 6. The number of benzene rings is 6. The molecular formula is C53H50F5N3. The quantitative estimate of drug-likeness (QED) is 0.0993. The van der Waals surface area contributed by atoms with E-state index in [1.807, 2.05) is 48.5 Å². The van der Waals surface area contributed by atoms with E-state index in [0.29, 0.717) is 22.1 Å². The average Bonchev–Trinajstić information content (AvgIpc) is 3.69. The lowest BCUT2D eigenvalue weighted by Gasteiger charge is -2.23. The molecule has 0 aliphatic rings. The minimum atomic E-state index is -2.25. The first kappa shape index (κ1) is 41.8. The zero-order valence-corrected chi connectivity index (χ0v) is 36.8. The van der Waals surface area contributed by atoms with Crippen LogP contribution in [0.4, 0.5) is 22.0 Å². The van der Waals surface area contributed by atoms with E-state index < -0.39 is 34.6 Å². The summed E-state index contributed by atoms with van der Waals surface area (Å²) in [6, 6.07) is 29.3. The first-order valence-electron chi connectivity index (χ1n) is 20.6. The predicted molar refractivity (Wildman–Crippen MR) is 240 cm³/mol. The lowest BCUT2D eigenvalue weighted by Crippen LogP contribution is -2.12. The van der Waals surface area contributed by atoms with Gasteiger partial charge >= 0.3 is 0 Å². The molecule has 0 saturated heterocycles. The third kappa shape index (κ3) is 6.68. The number of rotatable bonds is 3. The van der Waals surface area contributed by atoms with Crippen LogP contribution in [0.15, 0.2) is 84.9 Å². The third-order valence-corrected chi connectivity index (χ3v) is 12.2. The molecular weight excluding hydrogens is 774 g/mol. The van der Waals surface area contributed by atoms with Crippen molar-refractivity contribution < 1.29 is 22.0 Å². The topological polar surface area (TPSA) is 33.6 Å². The maximum absolute atomic E-state index is 16.7. The molecule has 0 bridgehead atoms. The van der Waals surface area contributed by atoms with E-state index in [1.54, 1.807) is 9.13 Å². The molecule has 2 heterocycles. The van der Waals surface area contributed by atoms with Crippen molar-refractivity contribution >= 4 is 43.6 Å². The van der Waals surface area contributed by atoms with Crippen molar-refractivity contribution in [3.05, 3.63) is 142 Å². The normalized spacial score (nSPS) is 13.0. The Balaban J connectivity index is 1.64. The van der Waals surface area contributed by atoms with Gasteiger partial charge in [-0.15, -0.1) is 0 Å². The van der Waals surface area contributed by atoms with Gasteiger partial charge in [-0.2, -0.15) is 5.26 Å². The van der Waals surface area contributed by atoms with E-state index >= 15 is 17.6 Å². The SMILES string of the molecule is CC(C)(C)c1ccc2c(c1)c1cc(C(C)(C)C)ccc1n2-c1cc(C#N)cc(-n2c3ccc(C(C)(C)C)cc3c3cc(C(C)(C)C)ccc32)c1-c1c(F)c(F)c(F)c(F)c1F. The Morgan fingerprint density at radius 1 is 0.377 bits per heavy atom. The summed E-state index contributed by atoms with van der Waals surface area (Å²) < 4.78 is 83.1. The van der Waals surface area contributed by atoms with Gasteiger partial charge in [-0.05, 0) is 105 Å². The largest absolute Gasteiger partial charge is 0.308 e. The highest BCUT2D eigenvalue weighted by Crippen LogP contribution is 2.47. The molecule has 0 spiro atoms. The van der Waals surface area contributed by atoms with Gasteiger partial charge in [0.1, 0.15) is 0 Å². The summed E-state index contributed by atoms with van der Waals surface area (Å²) in [5.74, 6) is -10.3. The molecule has 0 radical (unpaired) electrons. The molecule has 8 heteroatoms. The first-order valence-corrected chi connectivity index (χ1v) is 20.6. The van der Waals surface area contributed by atoms with Crippen LogP contribution in [0.1, 0.15) is 111 Å². The van der Waals surface area contributed by atoms with E-state index in [-0.39, 0.29) is 44.2 Å². The second-order valence-electron chi connectivity index (χ2n) is 20.5. The molecule has 312 valence electrons. The molecule has 3 nitrogen and oxygen atoms in total. The lowest BCUT2D eigenvalue weighted by molar-refractivity contribution is 0.381. The van der Waals surface area contributed by atoms with Crippen molar-refractivity contribution in [3.8, 4) is 28.6 Å². The summed E-state index contributed by atoms with van der Waals surface area (Å²) in [6.07, 6.45) is 0. The van der Waals surface area contributed by atoms with Crippen LogP contribution >= 0.6 is 0 Å². The molecule has 0 aliphatic heterocycles. The van der Waals surface area contributed by atoms with E-state index in [4.69, 9.17) is 0 Å². The molecule has 8 aromatic rings. The van der Waals surface area contributed by atoms with Gasteiger partial charge in [0, 0.05) is 27.1 Å². The van der Waals surface area contributed by atoms with Crippen LogP contribution in [0.2, 0.25) is 0 Å². The second kappa shape index (κ2) is 13.8. The molecule has 0 amide bonds. The smallest absolute Gasteiger partial charge is 0.200 e. The van der Waals surface area contributed by atoms with Crippen LogP contribution in [-0.2, 0) is 21.7 Å². The summed E-state index contributed by atoms with van der Waals surface area (Å²) in [7, 11) is 0.